The van der Waals surface area contributed by atoms with E-state index in [9.17, 15) is 13.9 Å². The molecule has 0 unspecified atom stereocenters. The minimum atomic E-state index is -2.98. The Balaban J connectivity index is 1.74. The average Bonchev–Trinajstić information content (AvgIpc) is 3.30. The molecule has 0 aliphatic rings. The summed E-state index contributed by atoms with van der Waals surface area (Å²) >= 11 is 0. The Kier molecular flexibility index (Phi) is 10.1. The number of aromatic hydroxyl groups is 1. The van der Waals surface area contributed by atoms with E-state index in [4.69, 9.17) is 4.98 Å². The number of ether oxygens (including phenoxy) is 1. The van der Waals surface area contributed by atoms with Crippen LogP contribution in [0.15, 0.2) is 78.9 Å². The van der Waals surface area contributed by atoms with Gasteiger partial charge < -0.3 is 14.4 Å². The number of phenolic OH excluding ortho intramolecular Hbond substituents is 1. The highest BCUT2D eigenvalue weighted by molar-refractivity contribution is 5.68. The van der Waals surface area contributed by atoms with Gasteiger partial charge in [-0.25, -0.2) is 4.98 Å². The lowest BCUT2D eigenvalue weighted by molar-refractivity contribution is -0.0512. The van der Waals surface area contributed by atoms with Gasteiger partial charge in [0.1, 0.15) is 5.82 Å². The zero-order valence-corrected chi connectivity index (χ0v) is 22.7. The van der Waals surface area contributed by atoms with Crippen molar-refractivity contribution in [1.29, 1.82) is 0 Å². The van der Waals surface area contributed by atoms with Crippen molar-refractivity contribution in [1.82, 2.24) is 14.5 Å². The molecule has 0 radical (unpaired) electrons. The number of benzene rings is 3. The molecule has 5 nitrogen and oxygen atoms in total. The van der Waals surface area contributed by atoms with Crippen LogP contribution in [0.2, 0.25) is 0 Å². The zero-order valence-electron chi connectivity index (χ0n) is 22.7. The van der Waals surface area contributed by atoms with Gasteiger partial charge >= 0.3 is 6.61 Å². The molecule has 3 aromatic carbocycles. The van der Waals surface area contributed by atoms with E-state index >= 15 is 0 Å². The van der Waals surface area contributed by atoms with Crippen LogP contribution in [0.4, 0.5) is 8.78 Å². The fourth-order valence-electron chi connectivity index (χ4n) is 4.76. The molecule has 0 aliphatic heterocycles. The SMILES string of the molecule is CCCCN(Cc1ccc(OC(F)F)c(O)c1)Cc1c(-c2ccccc2)nc(-c2ccccc2)n1CCCC. The largest absolute Gasteiger partial charge is 0.504 e. The Morgan fingerprint density at radius 1 is 0.872 bits per heavy atom. The summed E-state index contributed by atoms with van der Waals surface area (Å²) in [5.74, 6) is 0.456. The summed E-state index contributed by atoms with van der Waals surface area (Å²) in [5.41, 5.74) is 5.09. The molecule has 0 bridgehead atoms. The first kappa shape index (κ1) is 28.3. The van der Waals surface area contributed by atoms with Crippen LogP contribution < -0.4 is 4.74 Å². The quantitative estimate of drug-likeness (QED) is 0.178. The van der Waals surface area contributed by atoms with Crippen molar-refractivity contribution in [3.63, 3.8) is 0 Å². The highest BCUT2D eigenvalue weighted by atomic mass is 19.3. The average molecular weight is 534 g/mol. The van der Waals surface area contributed by atoms with Crippen molar-refractivity contribution in [2.45, 2.75) is 65.8 Å². The van der Waals surface area contributed by atoms with Crippen molar-refractivity contribution < 1.29 is 18.6 Å². The number of aromatic nitrogens is 2. The Morgan fingerprint density at radius 2 is 1.54 bits per heavy atom. The topological polar surface area (TPSA) is 50.5 Å². The van der Waals surface area contributed by atoms with Gasteiger partial charge in [0.15, 0.2) is 11.5 Å². The van der Waals surface area contributed by atoms with Crippen LogP contribution in [0, 0.1) is 0 Å². The number of rotatable bonds is 14. The second-order valence-corrected chi connectivity index (χ2v) is 9.71. The Labute approximate surface area is 229 Å². The van der Waals surface area contributed by atoms with Crippen molar-refractivity contribution in [2.75, 3.05) is 6.54 Å². The van der Waals surface area contributed by atoms with Crippen LogP contribution in [0.5, 0.6) is 11.5 Å². The fourth-order valence-corrected chi connectivity index (χ4v) is 4.76. The molecule has 206 valence electrons. The highest BCUT2D eigenvalue weighted by Gasteiger charge is 2.22. The Bertz CT molecular complexity index is 1310. The molecule has 1 aromatic heterocycles. The van der Waals surface area contributed by atoms with Gasteiger partial charge in [0.25, 0.3) is 0 Å². The van der Waals surface area contributed by atoms with Gasteiger partial charge in [-0.05, 0) is 37.1 Å². The van der Waals surface area contributed by atoms with E-state index in [-0.39, 0.29) is 11.5 Å². The van der Waals surface area contributed by atoms with Gasteiger partial charge in [-0.15, -0.1) is 0 Å². The molecule has 0 amide bonds. The summed E-state index contributed by atoms with van der Waals surface area (Å²) in [6, 6.07) is 25.2. The van der Waals surface area contributed by atoms with Crippen molar-refractivity contribution in [2.24, 2.45) is 0 Å². The lowest BCUT2D eigenvalue weighted by Gasteiger charge is -2.24. The molecule has 0 atom stereocenters. The van der Waals surface area contributed by atoms with Crippen molar-refractivity contribution >= 4 is 0 Å². The van der Waals surface area contributed by atoms with Gasteiger partial charge in [-0.3, -0.25) is 4.90 Å². The molecular weight excluding hydrogens is 496 g/mol. The third-order valence-corrected chi connectivity index (χ3v) is 6.73. The van der Waals surface area contributed by atoms with Crippen LogP contribution in [-0.2, 0) is 19.6 Å². The van der Waals surface area contributed by atoms with Gasteiger partial charge in [-0.2, -0.15) is 8.78 Å². The molecule has 0 saturated carbocycles. The first-order valence-electron chi connectivity index (χ1n) is 13.7. The molecule has 39 heavy (non-hydrogen) atoms. The monoisotopic (exact) mass is 533 g/mol. The second-order valence-electron chi connectivity index (χ2n) is 9.71. The number of halogens is 2. The van der Waals surface area contributed by atoms with Gasteiger partial charge in [-0.1, -0.05) is 93.4 Å². The Morgan fingerprint density at radius 3 is 2.15 bits per heavy atom. The molecule has 0 fully saturated rings. The molecule has 4 aromatic rings. The van der Waals surface area contributed by atoms with Crippen LogP contribution in [0.1, 0.15) is 50.8 Å². The van der Waals surface area contributed by atoms with E-state index < -0.39 is 6.61 Å². The third-order valence-electron chi connectivity index (χ3n) is 6.73. The lowest BCUT2D eigenvalue weighted by atomic mass is 10.1. The van der Waals surface area contributed by atoms with Crippen LogP contribution in [-0.4, -0.2) is 32.7 Å². The maximum absolute atomic E-state index is 12.7. The van der Waals surface area contributed by atoms with E-state index in [1.54, 1.807) is 6.07 Å². The normalized spacial score (nSPS) is 11.4. The first-order valence-corrected chi connectivity index (χ1v) is 13.7. The molecular formula is C32H37F2N3O2. The Hall–Kier alpha value is -3.71. The van der Waals surface area contributed by atoms with E-state index in [1.165, 1.54) is 12.1 Å². The molecule has 7 heteroatoms. The van der Waals surface area contributed by atoms with Crippen LogP contribution >= 0.6 is 0 Å². The molecule has 0 spiro atoms. The summed E-state index contributed by atoms with van der Waals surface area (Å²) in [6.07, 6.45) is 4.15. The number of phenols is 1. The molecule has 0 saturated heterocycles. The highest BCUT2D eigenvalue weighted by Crippen LogP contribution is 2.32. The predicted molar refractivity (Wildman–Crippen MR) is 152 cm³/mol. The number of alkyl halides is 2. The van der Waals surface area contributed by atoms with E-state index in [0.717, 1.165) is 72.7 Å². The zero-order chi connectivity index (χ0) is 27.6. The molecule has 4 rings (SSSR count). The van der Waals surface area contributed by atoms with Crippen LogP contribution in [0.3, 0.4) is 0 Å². The minimum absolute atomic E-state index is 0.217. The summed E-state index contributed by atoms with van der Waals surface area (Å²) in [4.78, 5) is 7.55. The van der Waals surface area contributed by atoms with Gasteiger partial charge in [0.05, 0.1) is 11.4 Å². The molecule has 1 heterocycles. The molecule has 0 aliphatic carbocycles. The van der Waals surface area contributed by atoms with Crippen molar-refractivity contribution in [3.8, 4) is 34.1 Å². The third kappa shape index (κ3) is 7.45. The van der Waals surface area contributed by atoms with E-state index in [2.05, 4.69) is 52.3 Å². The number of hydrogen-bond donors (Lipinski definition) is 1. The predicted octanol–water partition coefficient (Wildman–Crippen LogP) is 8.13. The lowest BCUT2D eigenvalue weighted by Crippen LogP contribution is -2.26. The number of unbranched alkanes of at least 4 members (excludes halogenated alkanes) is 2. The second kappa shape index (κ2) is 13.9. The first-order chi connectivity index (χ1) is 19.0. The number of nitrogens with zero attached hydrogens (tertiary/aromatic N) is 3. The molecule has 1 N–H and O–H groups in total. The summed E-state index contributed by atoms with van der Waals surface area (Å²) in [6.45, 7) is 4.28. The minimum Gasteiger partial charge on any atom is -0.504 e. The fraction of sp³-hybridized carbons (Fsp3) is 0.344. The van der Waals surface area contributed by atoms with E-state index in [1.807, 2.05) is 36.4 Å². The van der Waals surface area contributed by atoms with Gasteiger partial charge in [0, 0.05) is 30.8 Å². The summed E-state index contributed by atoms with van der Waals surface area (Å²) < 4.78 is 32.1. The standard InChI is InChI=1S/C32H37F2N3O2/c1-3-5-19-36(22-24-17-18-29(28(38)21-24)39-32(33)34)23-27-30(25-13-9-7-10-14-25)35-31(37(27)20-6-4-2)26-15-11-8-12-16-26/h7-18,21,32,38H,3-6,19-20,22-23H2,1-2H3. The smallest absolute Gasteiger partial charge is 0.387 e. The van der Waals surface area contributed by atoms with Gasteiger partial charge in [0.2, 0.25) is 0 Å². The maximum atomic E-state index is 12.7. The maximum Gasteiger partial charge on any atom is 0.387 e. The number of imidazole rings is 1. The number of hydrogen-bond acceptors (Lipinski definition) is 4. The van der Waals surface area contributed by atoms with E-state index in [0.29, 0.717) is 13.1 Å². The van der Waals surface area contributed by atoms with Crippen LogP contribution in [0.25, 0.3) is 22.6 Å². The summed E-state index contributed by atoms with van der Waals surface area (Å²) in [7, 11) is 0. The van der Waals surface area contributed by atoms with Crippen molar-refractivity contribution in [3.05, 3.63) is 90.1 Å². The summed E-state index contributed by atoms with van der Waals surface area (Å²) in [5, 5.41) is 10.3.